The van der Waals surface area contributed by atoms with E-state index in [1.54, 1.807) is 24.3 Å². The van der Waals surface area contributed by atoms with Gasteiger partial charge in [-0.05, 0) is 55.7 Å². The molecule has 0 aliphatic carbocycles. The Balaban J connectivity index is 1.82. The van der Waals surface area contributed by atoms with Gasteiger partial charge in [0.05, 0.1) is 18.2 Å². The molecule has 0 aromatic heterocycles. The van der Waals surface area contributed by atoms with Crippen molar-refractivity contribution in [2.45, 2.75) is 33.2 Å². The fraction of sp³-hybridized carbons (Fsp3) is 0.333. The number of aryl methyl sites for hydroxylation is 1. The number of amides is 1. The summed E-state index contributed by atoms with van der Waals surface area (Å²) in [6.07, 6.45) is 0.975. The van der Waals surface area contributed by atoms with E-state index in [-0.39, 0.29) is 18.6 Å². The summed E-state index contributed by atoms with van der Waals surface area (Å²) >= 11 is 0. The Labute approximate surface area is 154 Å². The number of esters is 1. The minimum Gasteiger partial charge on any atom is -0.494 e. The minimum absolute atomic E-state index is 0.155. The molecule has 2 aromatic rings. The zero-order valence-electron chi connectivity index (χ0n) is 15.5. The number of carbonyl (C=O) groups excluding carboxylic acids is 2. The topological polar surface area (TPSA) is 64.6 Å². The van der Waals surface area contributed by atoms with Crippen molar-refractivity contribution in [2.24, 2.45) is 0 Å². The van der Waals surface area contributed by atoms with E-state index in [2.05, 4.69) is 12.2 Å². The Morgan fingerprint density at radius 2 is 1.65 bits per heavy atom. The molecule has 1 atom stereocenters. The summed E-state index contributed by atoms with van der Waals surface area (Å²) in [5.74, 6) is -0.191. The zero-order chi connectivity index (χ0) is 18.9. The van der Waals surface area contributed by atoms with Gasteiger partial charge in [0, 0.05) is 0 Å². The van der Waals surface area contributed by atoms with Crippen molar-refractivity contribution < 1.29 is 19.1 Å². The van der Waals surface area contributed by atoms with E-state index in [0.717, 1.165) is 12.0 Å². The molecule has 2 rings (SSSR count). The van der Waals surface area contributed by atoms with Gasteiger partial charge >= 0.3 is 5.97 Å². The highest BCUT2D eigenvalue weighted by atomic mass is 16.5. The van der Waals surface area contributed by atoms with Crippen molar-refractivity contribution >= 4 is 11.9 Å². The van der Waals surface area contributed by atoms with E-state index in [9.17, 15) is 9.59 Å². The molecule has 26 heavy (non-hydrogen) atoms. The van der Waals surface area contributed by atoms with Gasteiger partial charge in [-0.15, -0.1) is 0 Å². The van der Waals surface area contributed by atoms with Crippen LogP contribution in [0.15, 0.2) is 48.5 Å². The molecular formula is C21H25NO4. The van der Waals surface area contributed by atoms with Gasteiger partial charge in [0.25, 0.3) is 5.91 Å². The van der Waals surface area contributed by atoms with Crippen molar-refractivity contribution in [1.29, 1.82) is 0 Å². The molecule has 5 heteroatoms. The van der Waals surface area contributed by atoms with Gasteiger partial charge < -0.3 is 14.8 Å². The summed E-state index contributed by atoms with van der Waals surface area (Å²) < 4.78 is 10.4. The molecule has 138 valence electrons. The molecule has 0 aliphatic rings. The number of ether oxygens (including phenoxy) is 2. The van der Waals surface area contributed by atoms with Crippen LogP contribution in [-0.2, 0) is 16.0 Å². The first-order valence-electron chi connectivity index (χ1n) is 8.81. The van der Waals surface area contributed by atoms with E-state index in [0.29, 0.717) is 17.9 Å². The Kier molecular flexibility index (Phi) is 7.21. The number of hydrogen-bond donors (Lipinski definition) is 1. The van der Waals surface area contributed by atoms with Crippen LogP contribution in [-0.4, -0.2) is 25.1 Å². The molecule has 2 aromatic carbocycles. The van der Waals surface area contributed by atoms with E-state index in [1.165, 1.54) is 5.56 Å². The van der Waals surface area contributed by atoms with Gasteiger partial charge in [0.2, 0.25) is 0 Å². The zero-order valence-corrected chi connectivity index (χ0v) is 15.5. The van der Waals surface area contributed by atoms with Crippen molar-refractivity contribution in [3.63, 3.8) is 0 Å². The number of benzene rings is 2. The van der Waals surface area contributed by atoms with E-state index in [1.807, 2.05) is 38.1 Å². The molecule has 0 aliphatic heterocycles. The molecule has 0 saturated carbocycles. The summed E-state index contributed by atoms with van der Waals surface area (Å²) in [5, 5.41) is 2.83. The highest BCUT2D eigenvalue weighted by Crippen LogP contribution is 2.14. The van der Waals surface area contributed by atoms with Crippen LogP contribution in [0.4, 0.5) is 0 Å². The maximum absolute atomic E-state index is 12.0. The number of rotatable bonds is 8. The molecule has 0 bridgehead atoms. The maximum atomic E-state index is 12.0. The first kappa shape index (κ1) is 19.5. The number of carbonyl (C=O) groups is 2. The average molecular weight is 355 g/mol. The van der Waals surface area contributed by atoms with Gasteiger partial charge in [0.15, 0.2) is 6.61 Å². The lowest BCUT2D eigenvalue weighted by molar-refractivity contribution is -0.124. The highest BCUT2D eigenvalue weighted by Gasteiger charge is 2.13. The standard InChI is InChI=1S/C21H25NO4/c1-4-16-6-8-17(9-7-16)15(3)22-20(23)14-26-21(24)18-10-12-19(13-11-18)25-5-2/h6-13,15H,4-5,14H2,1-3H3,(H,22,23)/t15-/m1/s1. The smallest absolute Gasteiger partial charge is 0.338 e. The summed E-state index contributed by atoms with van der Waals surface area (Å²) in [7, 11) is 0. The first-order valence-corrected chi connectivity index (χ1v) is 8.81. The van der Waals surface area contributed by atoms with Crippen LogP contribution < -0.4 is 10.1 Å². The van der Waals surface area contributed by atoms with Crippen LogP contribution in [0.1, 0.15) is 48.3 Å². The lowest BCUT2D eigenvalue weighted by Gasteiger charge is -2.15. The molecule has 0 heterocycles. The normalized spacial score (nSPS) is 11.5. The third-order valence-electron chi connectivity index (χ3n) is 4.00. The van der Waals surface area contributed by atoms with Crippen LogP contribution in [0.3, 0.4) is 0 Å². The lowest BCUT2D eigenvalue weighted by Crippen LogP contribution is -2.31. The van der Waals surface area contributed by atoms with Crippen molar-refractivity contribution in [3.05, 3.63) is 65.2 Å². The summed E-state index contributed by atoms with van der Waals surface area (Å²) in [4.78, 5) is 24.0. The molecule has 0 unspecified atom stereocenters. The molecule has 0 radical (unpaired) electrons. The van der Waals surface area contributed by atoms with Crippen molar-refractivity contribution in [1.82, 2.24) is 5.32 Å². The summed E-state index contributed by atoms with van der Waals surface area (Å²) in [6, 6.07) is 14.5. The van der Waals surface area contributed by atoms with Crippen LogP contribution >= 0.6 is 0 Å². The monoisotopic (exact) mass is 355 g/mol. The molecule has 5 nitrogen and oxygen atoms in total. The Morgan fingerprint density at radius 1 is 1.00 bits per heavy atom. The second-order valence-corrected chi connectivity index (χ2v) is 5.92. The van der Waals surface area contributed by atoms with Crippen LogP contribution in [0.5, 0.6) is 5.75 Å². The van der Waals surface area contributed by atoms with E-state index in [4.69, 9.17) is 9.47 Å². The first-order chi connectivity index (χ1) is 12.5. The maximum Gasteiger partial charge on any atom is 0.338 e. The van der Waals surface area contributed by atoms with Crippen LogP contribution in [0, 0.1) is 0 Å². The van der Waals surface area contributed by atoms with Crippen LogP contribution in [0.2, 0.25) is 0 Å². The van der Waals surface area contributed by atoms with Gasteiger partial charge in [-0.2, -0.15) is 0 Å². The second kappa shape index (κ2) is 9.61. The van der Waals surface area contributed by atoms with E-state index >= 15 is 0 Å². The third kappa shape index (κ3) is 5.62. The quantitative estimate of drug-likeness (QED) is 0.734. The van der Waals surface area contributed by atoms with Crippen LogP contribution in [0.25, 0.3) is 0 Å². The lowest BCUT2D eigenvalue weighted by atomic mass is 10.1. The highest BCUT2D eigenvalue weighted by molar-refractivity contribution is 5.91. The largest absolute Gasteiger partial charge is 0.494 e. The Hall–Kier alpha value is -2.82. The van der Waals surface area contributed by atoms with E-state index < -0.39 is 5.97 Å². The SMILES string of the molecule is CCOc1ccc(C(=O)OCC(=O)N[C@H](C)c2ccc(CC)cc2)cc1. The van der Waals surface area contributed by atoms with Gasteiger partial charge in [-0.3, -0.25) is 4.79 Å². The Bertz CT molecular complexity index is 723. The summed E-state index contributed by atoms with van der Waals surface area (Å²) in [6.45, 7) is 6.12. The molecule has 0 saturated heterocycles. The molecule has 1 N–H and O–H groups in total. The molecular weight excluding hydrogens is 330 g/mol. The summed E-state index contributed by atoms with van der Waals surface area (Å²) in [5.41, 5.74) is 2.63. The van der Waals surface area contributed by atoms with Gasteiger partial charge in [-0.25, -0.2) is 4.79 Å². The minimum atomic E-state index is -0.539. The predicted octanol–water partition coefficient (Wildman–Crippen LogP) is 3.68. The fourth-order valence-corrected chi connectivity index (χ4v) is 2.48. The average Bonchev–Trinajstić information content (AvgIpc) is 2.67. The molecule has 1 amide bonds. The molecule has 0 fully saturated rings. The predicted molar refractivity (Wildman–Crippen MR) is 100 cm³/mol. The van der Waals surface area contributed by atoms with Crippen molar-refractivity contribution in [3.8, 4) is 5.75 Å². The van der Waals surface area contributed by atoms with Gasteiger partial charge in [0.1, 0.15) is 5.75 Å². The fourth-order valence-electron chi connectivity index (χ4n) is 2.48. The Morgan fingerprint density at radius 3 is 2.23 bits per heavy atom. The van der Waals surface area contributed by atoms with Gasteiger partial charge in [-0.1, -0.05) is 31.2 Å². The van der Waals surface area contributed by atoms with Crippen molar-refractivity contribution in [2.75, 3.05) is 13.2 Å². The molecule has 0 spiro atoms. The third-order valence-corrected chi connectivity index (χ3v) is 4.00. The number of hydrogen-bond acceptors (Lipinski definition) is 4. The second-order valence-electron chi connectivity index (χ2n) is 5.92. The number of nitrogens with one attached hydrogen (secondary N) is 1.